The molecular weight excluding hydrogens is 298 g/mol. The molecule has 0 bridgehead atoms. The number of hydrogen-bond acceptors (Lipinski definition) is 5. The molecule has 0 unspecified atom stereocenters. The molecule has 2 aromatic rings. The zero-order valence-electron chi connectivity index (χ0n) is 13.3. The molecule has 116 valence electrons. The molecule has 0 amide bonds. The summed E-state index contributed by atoms with van der Waals surface area (Å²) in [7, 11) is 2.17. The van der Waals surface area contributed by atoms with Crippen LogP contribution in [0.25, 0.3) is 0 Å². The second kappa shape index (κ2) is 7.49. The second-order valence-electron chi connectivity index (χ2n) is 6.40. The molecule has 2 rings (SSSR count). The van der Waals surface area contributed by atoms with Crippen molar-refractivity contribution in [3.8, 4) is 0 Å². The zero-order valence-corrected chi connectivity index (χ0v) is 15.0. The lowest BCUT2D eigenvalue weighted by molar-refractivity contribution is 0.328. The van der Waals surface area contributed by atoms with E-state index in [1.165, 1.54) is 15.6 Å². The Bertz CT molecular complexity index is 526. The number of thiophene rings is 1. The van der Waals surface area contributed by atoms with Crippen LogP contribution < -0.4 is 5.32 Å². The largest absolute Gasteiger partial charge is 0.306 e. The summed E-state index contributed by atoms with van der Waals surface area (Å²) in [4.78, 5) is 8.51. The van der Waals surface area contributed by atoms with E-state index in [1.54, 1.807) is 11.3 Å². The number of likely N-dealkylation sites (N-methyl/N-ethyl adjacent to an activating group) is 1. The van der Waals surface area contributed by atoms with Crippen molar-refractivity contribution in [2.24, 2.45) is 0 Å². The Labute approximate surface area is 136 Å². The summed E-state index contributed by atoms with van der Waals surface area (Å²) in [5.41, 5.74) is 1.32. The Hall–Kier alpha value is -0.750. The fourth-order valence-corrected chi connectivity index (χ4v) is 3.38. The first-order valence-corrected chi connectivity index (χ1v) is 9.07. The van der Waals surface area contributed by atoms with Gasteiger partial charge < -0.3 is 10.2 Å². The Kier molecular flexibility index (Phi) is 5.93. The highest BCUT2D eigenvalue weighted by Crippen LogP contribution is 2.14. The summed E-state index contributed by atoms with van der Waals surface area (Å²) in [6, 6.07) is 4.33. The van der Waals surface area contributed by atoms with Crippen molar-refractivity contribution in [1.82, 2.24) is 15.2 Å². The molecule has 21 heavy (non-hydrogen) atoms. The van der Waals surface area contributed by atoms with Crippen molar-refractivity contribution in [3.63, 3.8) is 0 Å². The van der Waals surface area contributed by atoms with E-state index in [1.807, 2.05) is 11.3 Å². The van der Waals surface area contributed by atoms with Gasteiger partial charge in [-0.15, -0.1) is 22.7 Å². The third-order valence-electron chi connectivity index (χ3n) is 3.12. The van der Waals surface area contributed by atoms with Crippen molar-refractivity contribution in [3.05, 3.63) is 38.5 Å². The fraction of sp³-hybridized carbons (Fsp3) is 0.562. The van der Waals surface area contributed by atoms with Crippen LogP contribution in [0.3, 0.4) is 0 Å². The van der Waals surface area contributed by atoms with E-state index in [4.69, 9.17) is 4.98 Å². The van der Waals surface area contributed by atoms with Crippen molar-refractivity contribution in [2.75, 3.05) is 13.6 Å². The van der Waals surface area contributed by atoms with E-state index >= 15 is 0 Å². The van der Waals surface area contributed by atoms with Crippen LogP contribution in [0, 0.1) is 0 Å². The lowest BCUT2D eigenvalue weighted by Gasteiger charge is -2.19. The molecule has 0 radical (unpaired) electrons. The van der Waals surface area contributed by atoms with E-state index in [0.717, 1.165) is 26.1 Å². The van der Waals surface area contributed by atoms with Crippen molar-refractivity contribution in [1.29, 1.82) is 0 Å². The van der Waals surface area contributed by atoms with Gasteiger partial charge in [-0.1, -0.05) is 6.07 Å². The average molecular weight is 324 g/mol. The highest BCUT2D eigenvalue weighted by atomic mass is 32.1. The molecular formula is C16H25N3S2. The number of thiazole rings is 1. The number of nitrogens with one attached hydrogen (secondary N) is 1. The van der Waals surface area contributed by atoms with Gasteiger partial charge in [-0.3, -0.25) is 0 Å². The van der Waals surface area contributed by atoms with E-state index in [-0.39, 0.29) is 5.54 Å². The van der Waals surface area contributed by atoms with Crippen LogP contribution in [0.1, 0.15) is 36.3 Å². The van der Waals surface area contributed by atoms with Crippen molar-refractivity contribution >= 4 is 22.7 Å². The molecule has 2 heterocycles. The summed E-state index contributed by atoms with van der Waals surface area (Å²) >= 11 is 3.59. The minimum Gasteiger partial charge on any atom is -0.306 e. The smallest absolute Gasteiger partial charge is 0.107 e. The van der Waals surface area contributed by atoms with Gasteiger partial charge in [0.05, 0.1) is 5.69 Å². The molecule has 0 aliphatic carbocycles. The molecule has 0 spiro atoms. The molecule has 2 aromatic heterocycles. The lowest BCUT2D eigenvalue weighted by Crippen LogP contribution is -2.35. The lowest BCUT2D eigenvalue weighted by atomic mass is 10.1. The van der Waals surface area contributed by atoms with Crippen LogP contribution in [-0.2, 0) is 19.5 Å². The first kappa shape index (κ1) is 16.6. The number of hydrogen-bond donors (Lipinski definition) is 1. The standard InChI is InChI=1S/C16H25N3S2/c1-16(2,3)17-10-15-18-13(12-21-15)11-19(4)8-7-14-6-5-9-20-14/h5-6,9,12,17H,7-8,10-11H2,1-4H3. The molecule has 1 N–H and O–H groups in total. The highest BCUT2D eigenvalue weighted by molar-refractivity contribution is 7.10. The molecule has 0 fully saturated rings. The Morgan fingerprint density at radius 3 is 2.76 bits per heavy atom. The molecule has 0 aliphatic heterocycles. The van der Waals surface area contributed by atoms with Gasteiger partial charge in [-0.2, -0.15) is 0 Å². The molecule has 0 aliphatic rings. The third kappa shape index (κ3) is 6.26. The van der Waals surface area contributed by atoms with Crippen LogP contribution in [0.2, 0.25) is 0 Å². The van der Waals surface area contributed by atoms with Crippen LogP contribution in [0.5, 0.6) is 0 Å². The molecule has 0 saturated carbocycles. The first-order valence-electron chi connectivity index (χ1n) is 7.31. The Balaban J connectivity index is 1.76. The SMILES string of the molecule is CN(CCc1cccs1)Cc1csc(CNC(C)(C)C)n1. The Morgan fingerprint density at radius 2 is 2.10 bits per heavy atom. The van der Waals surface area contributed by atoms with E-state index in [2.05, 4.69) is 60.9 Å². The van der Waals surface area contributed by atoms with Crippen LogP contribution in [-0.4, -0.2) is 29.0 Å². The van der Waals surface area contributed by atoms with Gasteiger partial charge in [0, 0.05) is 35.4 Å². The maximum Gasteiger partial charge on any atom is 0.107 e. The van der Waals surface area contributed by atoms with Crippen LogP contribution in [0.4, 0.5) is 0 Å². The monoisotopic (exact) mass is 323 g/mol. The van der Waals surface area contributed by atoms with Gasteiger partial charge in [0.25, 0.3) is 0 Å². The zero-order chi connectivity index (χ0) is 15.3. The van der Waals surface area contributed by atoms with Gasteiger partial charge >= 0.3 is 0 Å². The molecule has 0 aromatic carbocycles. The van der Waals surface area contributed by atoms with Crippen LogP contribution >= 0.6 is 22.7 Å². The molecule has 0 atom stereocenters. The summed E-state index contributed by atoms with van der Waals surface area (Å²) in [5.74, 6) is 0. The summed E-state index contributed by atoms with van der Waals surface area (Å²) in [6.07, 6.45) is 1.12. The number of aromatic nitrogens is 1. The van der Waals surface area contributed by atoms with Gasteiger partial charge in [0.1, 0.15) is 5.01 Å². The number of nitrogens with zero attached hydrogens (tertiary/aromatic N) is 2. The van der Waals surface area contributed by atoms with Gasteiger partial charge in [0.2, 0.25) is 0 Å². The third-order valence-corrected chi connectivity index (χ3v) is 4.95. The van der Waals surface area contributed by atoms with Crippen LogP contribution in [0.15, 0.2) is 22.9 Å². The average Bonchev–Trinajstić information content (AvgIpc) is 3.04. The molecule has 0 saturated heterocycles. The van der Waals surface area contributed by atoms with Gasteiger partial charge in [-0.25, -0.2) is 4.98 Å². The second-order valence-corrected chi connectivity index (χ2v) is 8.38. The fourth-order valence-electron chi connectivity index (χ4n) is 1.96. The summed E-state index contributed by atoms with van der Waals surface area (Å²) in [5, 5.41) is 8.98. The predicted octanol–water partition coefficient (Wildman–Crippen LogP) is 3.77. The van der Waals surface area contributed by atoms with Crippen molar-refractivity contribution in [2.45, 2.75) is 45.8 Å². The maximum absolute atomic E-state index is 4.72. The van der Waals surface area contributed by atoms with E-state index in [9.17, 15) is 0 Å². The van der Waals surface area contributed by atoms with E-state index in [0.29, 0.717) is 0 Å². The normalized spacial score (nSPS) is 12.2. The quantitative estimate of drug-likeness (QED) is 0.841. The highest BCUT2D eigenvalue weighted by Gasteiger charge is 2.11. The molecule has 5 heteroatoms. The Morgan fingerprint density at radius 1 is 1.29 bits per heavy atom. The van der Waals surface area contributed by atoms with Gasteiger partial charge in [0.15, 0.2) is 0 Å². The predicted molar refractivity (Wildman–Crippen MR) is 93.1 cm³/mol. The molecule has 3 nitrogen and oxygen atoms in total. The topological polar surface area (TPSA) is 28.2 Å². The summed E-state index contributed by atoms with van der Waals surface area (Å²) in [6.45, 7) is 9.40. The minimum absolute atomic E-state index is 0.142. The first-order chi connectivity index (χ1) is 9.92. The van der Waals surface area contributed by atoms with Gasteiger partial charge in [-0.05, 0) is 45.7 Å². The van der Waals surface area contributed by atoms with E-state index < -0.39 is 0 Å². The minimum atomic E-state index is 0.142. The summed E-state index contributed by atoms with van der Waals surface area (Å²) < 4.78 is 0. The van der Waals surface area contributed by atoms with Crippen molar-refractivity contribution < 1.29 is 0 Å². The maximum atomic E-state index is 4.72. The number of rotatable bonds is 7.